The third-order valence-electron chi connectivity index (χ3n) is 4.77. The van der Waals surface area contributed by atoms with Gasteiger partial charge in [-0.1, -0.05) is 18.0 Å². The highest BCUT2D eigenvalue weighted by Gasteiger charge is 2.30. The van der Waals surface area contributed by atoms with Gasteiger partial charge in [-0.25, -0.2) is 0 Å². The molecule has 5 nitrogen and oxygen atoms in total. The van der Waals surface area contributed by atoms with Crippen molar-refractivity contribution in [2.24, 2.45) is 0 Å². The summed E-state index contributed by atoms with van der Waals surface area (Å²) in [4.78, 5) is 7.01. The highest BCUT2D eigenvalue weighted by Crippen LogP contribution is 2.35. The molecule has 1 aliphatic carbocycles. The molecule has 4 rings (SSSR count). The molecule has 3 heterocycles. The van der Waals surface area contributed by atoms with Gasteiger partial charge in [-0.05, 0) is 44.4 Å². The summed E-state index contributed by atoms with van der Waals surface area (Å²) in [5.74, 6) is 3.20. The van der Waals surface area contributed by atoms with Crippen LogP contribution in [0.15, 0.2) is 27.3 Å². The van der Waals surface area contributed by atoms with Gasteiger partial charge in [0.05, 0.1) is 18.8 Å². The predicted molar refractivity (Wildman–Crippen MR) is 76.6 cm³/mol. The van der Waals surface area contributed by atoms with E-state index in [1.165, 1.54) is 32.1 Å². The summed E-state index contributed by atoms with van der Waals surface area (Å²) in [6.07, 6.45) is 9.04. The lowest BCUT2D eigenvalue weighted by Gasteiger charge is -2.20. The molecule has 0 amide bonds. The van der Waals surface area contributed by atoms with Crippen LogP contribution in [0, 0.1) is 0 Å². The second-order valence-corrected chi connectivity index (χ2v) is 6.17. The van der Waals surface area contributed by atoms with Gasteiger partial charge < -0.3 is 8.94 Å². The molecule has 21 heavy (non-hydrogen) atoms. The number of nitrogens with zero attached hydrogens (tertiary/aromatic N) is 3. The first-order valence-corrected chi connectivity index (χ1v) is 8.00. The van der Waals surface area contributed by atoms with Gasteiger partial charge in [-0.15, -0.1) is 0 Å². The average Bonchev–Trinajstić information content (AvgIpc) is 3.28. The van der Waals surface area contributed by atoms with Crippen molar-refractivity contribution >= 4 is 0 Å². The molecule has 2 aromatic rings. The maximum atomic E-state index is 5.57. The third kappa shape index (κ3) is 2.62. The van der Waals surface area contributed by atoms with Crippen LogP contribution in [-0.2, 0) is 6.54 Å². The minimum Gasteiger partial charge on any atom is -0.468 e. The molecule has 1 saturated heterocycles. The zero-order chi connectivity index (χ0) is 14.1. The maximum absolute atomic E-state index is 5.57. The normalized spacial score (nSPS) is 24.1. The smallest absolute Gasteiger partial charge is 0.229 e. The maximum Gasteiger partial charge on any atom is 0.229 e. The zero-order valence-corrected chi connectivity index (χ0v) is 12.2. The first-order chi connectivity index (χ1) is 10.4. The van der Waals surface area contributed by atoms with Gasteiger partial charge in [-0.3, -0.25) is 4.90 Å². The predicted octanol–water partition coefficient (Wildman–Crippen LogP) is 3.66. The summed E-state index contributed by atoms with van der Waals surface area (Å²) in [5, 5.41) is 4.18. The van der Waals surface area contributed by atoms with E-state index in [2.05, 4.69) is 21.1 Å². The molecule has 0 N–H and O–H groups in total. The quantitative estimate of drug-likeness (QED) is 0.859. The Morgan fingerprint density at radius 3 is 2.90 bits per heavy atom. The zero-order valence-electron chi connectivity index (χ0n) is 12.2. The van der Waals surface area contributed by atoms with E-state index >= 15 is 0 Å². The van der Waals surface area contributed by atoms with Gasteiger partial charge in [0, 0.05) is 5.92 Å². The van der Waals surface area contributed by atoms with Crippen LogP contribution in [0.4, 0.5) is 0 Å². The minimum atomic E-state index is 0.355. The lowest BCUT2D eigenvalue weighted by molar-refractivity contribution is 0.212. The van der Waals surface area contributed by atoms with Crippen LogP contribution in [0.2, 0.25) is 0 Å². The van der Waals surface area contributed by atoms with Gasteiger partial charge >= 0.3 is 0 Å². The van der Waals surface area contributed by atoms with Gasteiger partial charge in [0.15, 0.2) is 5.82 Å². The van der Waals surface area contributed by atoms with Crippen LogP contribution < -0.4 is 0 Å². The Labute approximate surface area is 124 Å². The van der Waals surface area contributed by atoms with Gasteiger partial charge in [0.25, 0.3) is 0 Å². The van der Waals surface area contributed by atoms with Crippen LogP contribution >= 0.6 is 0 Å². The molecule has 2 aliphatic rings. The number of rotatable bonds is 4. The Bertz CT molecular complexity index is 572. The molecule has 0 unspecified atom stereocenters. The van der Waals surface area contributed by atoms with E-state index in [0.717, 1.165) is 37.0 Å². The van der Waals surface area contributed by atoms with Crippen molar-refractivity contribution in [3.05, 3.63) is 35.9 Å². The van der Waals surface area contributed by atoms with Crippen LogP contribution in [0.3, 0.4) is 0 Å². The third-order valence-corrected chi connectivity index (χ3v) is 4.77. The van der Waals surface area contributed by atoms with Crippen molar-refractivity contribution in [1.82, 2.24) is 15.0 Å². The van der Waals surface area contributed by atoms with Crippen LogP contribution in [0.25, 0.3) is 0 Å². The first kappa shape index (κ1) is 13.1. The topological polar surface area (TPSA) is 55.3 Å². The average molecular weight is 287 g/mol. The Balaban J connectivity index is 1.45. The first-order valence-electron chi connectivity index (χ1n) is 8.00. The van der Waals surface area contributed by atoms with Crippen LogP contribution in [0.1, 0.15) is 68.0 Å². The monoisotopic (exact) mass is 287 g/mol. The van der Waals surface area contributed by atoms with Crippen molar-refractivity contribution in [2.75, 3.05) is 6.54 Å². The molecular formula is C16H21N3O2. The number of hydrogen-bond donors (Lipinski definition) is 0. The minimum absolute atomic E-state index is 0.355. The fraction of sp³-hybridized carbons (Fsp3) is 0.625. The largest absolute Gasteiger partial charge is 0.468 e. The fourth-order valence-corrected chi connectivity index (χ4v) is 3.67. The second kappa shape index (κ2) is 5.64. The highest BCUT2D eigenvalue weighted by molar-refractivity contribution is 5.07. The SMILES string of the molecule is c1coc([C@H]2CCCN2Cc2noc(C3CCCC3)n2)c1. The Kier molecular flexibility index (Phi) is 3.51. The summed E-state index contributed by atoms with van der Waals surface area (Å²) in [7, 11) is 0. The molecule has 0 bridgehead atoms. The fourth-order valence-electron chi connectivity index (χ4n) is 3.67. The van der Waals surface area contributed by atoms with E-state index in [0.29, 0.717) is 12.0 Å². The van der Waals surface area contributed by atoms with E-state index in [4.69, 9.17) is 8.94 Å². The summed E-state index contributed by atoms with van der Waals surface area (Å²) in [5.41, 5.74) is 0. The molecular weight excluding hydrogens is 266 g/mol. The summed E-state index contributed by atoms with van der Waals surface area (Å²) < 4.78 is 11.0. The number of likely N-dealkylation sites (tertiary alicyclic amines) is 1. The van der Waals surface area contributed by atoms with Gasteiger partial charge in [0.1, 0.15) is 5.76 Å². The molecule has 2 fully saturated rings. The van der Waals surface area contributed by atoms with E-state index in [1.807, 2.05) is 6.07 Å². The Morgan fingerprint density at radius 1 is 1.19 bits per heavy atom. The summed E-state index contributed by atoms with van der Waals surface area (Å²) >= 11 is 0. The Hall–Kier alpha value is -1.62. The van der Waals surface area contributed by atoms with Crippen molar-refractivity contribution in [1.29, 1.82) is 0 Å². The molecule has 0 spiro atoms. The van der Waals surface area contributed by atoms with E-state index < -0.39 is 0 Å². The van der Waals surface area contributed by atoms with Crippen LogP contribution in [0.5, 0.6) is 0 Å². The standard InChI is InChI=1S/C16H21N3O2/c1-2-6-12(5-1)16-17-15(18-21-16)11-19-9-3-7-13(19)14-8-4-10-20-14/h4,8,10,12-13H,1-3,5-7,9,11H2/t13-/m1/s1. The van der Waals surface area contributed by atoms with Gasteiger partial charge in [-0.2, -0.15) is 4.98 Å². The molecule has 2 aromatic heterocycles. The number of furan rings is 1. The molecule has 1 aliphatic heterocycles. The Morgan fingerprint density at radius 2 is 2.10 bits per heavy atom. The van der Waals surface area contributed by atoms with Crippen molar-refractivity contribution in [2.45, 2.75) is 57.0 Å². The lowest BCUT2D eigenvalue weighted by atomic mass is 10.1. The summed E-state index contributed by atoms with van der Waals surface area (Å²) in [6, 6.07) is 4.37. The van der Waals surface area contributed by atoms with Crippen molar-refractivity contribution in [3.8, 4) is 0 Å². The molecule has 0 radical (unpaired) electrons. The lowest BCUT2D eigenvalue weighted by Crippen LogP contribution is -2.23. The molecule has 1 atom stereocenters. The van der Waals surface area contributed by atoms with Crippen LogP contribution in [-0.4, -0.2) is 21.6 Å². The summed E-state index contributed by atoms with van der Waals surface area (Å²) in [6.45, 7) is 1.82. The molecule has 1 saturated carbocycles. The van der Waals surface area contributed by atoms with Crippen molar-refractivity contribution < 1.29 is 8.94 Å². The van der Waals surface area contributed by atoms with Crippen molar-refractivity contribution in [3.63, 3.8) is 0 Å². The number of hydrogen-bond acceptors (Lipinski definition) is 5. The number of aromatic nitrogens is 2. The molecule has 0 aromatic carbocycles. The van der Waals surface area contributed by atoms with E-state index in [-0.39, 0.29) is 0 Å². The highest BCUT2D eigenvalue weighted by atomic mass is 16.5. The van der Waals surface area contributed by atoms with E-state index in [9.17, 15) is 0 Å². The van der Waals surface area contributed by atoms with E-state index in [1.54, 1.807) is 6.26 Å². The second-order valence-electron chi connectivity index (χ2n) is 6.17. The van der Waals surface area contributed by atoms with Gasteiger partial charge in [0.2, 0.25) is 5.89 Å². The molecule has 112 valence electrons. The molecule has 5 heteroatoms.